The first-order chi connectivity index (χ1) is 8.19. The van der Waals surface area contributed by atoms with Crippen molar-refractivity contribution in [3.05, 3.63) is 32.6 Å². The summed E-state index contributed by atoms with van der Waals surface area (Å²) < 4.78 is 0.255. The topological polar surface area (TPSA) is 89.4 Å². The van der Waals surface area contributed by atoms with Crippen LogP contribution in [-0.2, 0) is 0 Å². The molecule has 0 bridgehead atoms. The maximum Gasteiger partial charge on any atom is 0.123 e. The van der Waals surface area contributed by atoms with E-state index < -0.39 is 0 Å². The van der Waals surface area contributed by atoms with E-state index in [2.05, 4.69) is 4.98 Å². The molecule has 0 amide bonds. The maximum atomic E-state index is 9.13. The normalized spacial score (nSPS) is 9.53. The number of pyridine rings is 1. The predicted molar refractivity (Wildman–Crippen MR) is 68.8 cm³/mol. The third kappa shape index (κ3) is 1.80. The van der Waals surface area contributed by atoms with Gasteiger partial charge >= 0.3 is 0 Å². The summed E-state index contributed by atoms with van der Waals surface area (Å²) in [5.41, 5.74) is 7.55. The van der Waals surface area contributed by atoms with Crippen molar-refractivity contribution >= 4 is 29.4 Å². The predicted octanol–water partition coefficient (Wildman–Crippen LogP) is 2.80. The van der Waals surface area contributed by atoms with E-state index in [4.69, 9.17) is 28.5 Å². The zero-order valence-electron chi connectivity index (χ0n) is 8.52. The van der Waals surface area contributed by atoms with E-state index in [-0.39, 0.29) is 21.6 Å². The van der Waals surface area contributed by atoms with Crippen molar-refractivity contribution in [1.82, 2.24) is 4.98 Å². The first kappa shape index (κ1) is 11.3. The molecule has 0 saturated heterocycles. The molecule has 2 heterocycles. The fraction of sp³-hybridized carbons (Fsp3) is 0. The van der Waals surface area contributed by atoms with Crippen molar-refractivity contribution in [3.63, 3.8) is 0 Å². The number of nitrogen functional groups attached to an aromatic ring is 1. The van der Waals surface area contributed by atoms with Crippen LogP contribution in [0.25, 0.3) is 11.1 Å². The molecule has 3 N–H and O–H groups in total. The first-order valence-electron chi connectivity index (χ1n) is 4.57. The van der Waals surface area contributed by atoms with E-state index in [9.17, 15) is 0 Å². The molecule has 2 aromatic rings. The second-order valence-electron chi connectivity index (χ2n) is 3.23. The smallest absolute Gasteiger partial charge is 0.123 e. The number of thiophene rings is 1. The van der Waals surface area contributed by atoms with Gasteiger partial charge in [0.05, 0.1) is 5.56 Å². The summed E-state index contributed by atoms with van der Waals surface area (Å²) in [5, 5.41) is 22.0. The average molecular weight is 258 g/mol. The third-order valence-electron chi connectivity index (χ3n) is 2.28. The molecule has 82 valence electrons. The number of hydrogen-bond donors (Lipinski definition) is 2. The highest BCUT2D eigenvalue weighted by Gasteiger charge is 2.16. The highest BCUT2D eigenvalue weighted by atomic mass is 32.1. The Labute approximate surface area is 107 Å². The van der Waals surface area contributed by atoms with E-state index in [0.29, 0.717) is 5.56 Å². The lowest BCUT2D eigenvalue weighted by atomic mass is 9.99. The quantitative estimate of drug-likeness (QED) is 0.770. The monoisotopic (exact) mass is 258 g/mol. The van der Waals surface area contributed by atoms with E-state index in [1.165, 1.54) is 11.3 Å². The van der Waals surface area contributed by atoms with Gasteiger partial charge in [-0.25, -0.2) is 0 Å². The molecule has 0 saturated carbocycles. The van der Waals surface area contributed by atoms with Crippen molar-refractivity contribution in [3.8, 4) is 23.3 Å². The second-order valence-corrected chi connectivity index (χ2v) is 4.42. The van der Waals surface area contributed by atoms with Crippen LogP contribution in [0.4, 0.5) is 5.82 Å². The number of nitrogens with one attached hydrogen (secondary N) is 1. The molecule has 2 rings (SSSR count). The lowest BCUT2D eigenvalue weighted by Gasteiger charge is -2.07. The van der Waals surface area contributed by atoms with Gasteiger partial charge < -0.3 is 10.7 Å². The summed E-state index contributed by atoms with van der Waals surface area (Å²) in [5.74, 6) is 0.192. The van der Waals surface area contributed by atoms with Gasteiger partial charge in [-0.3, -0.25) is 0 Å². The molecule has 0 spiro atoms. The van der Waals surface area contributed by atoms with Crippen LogP contribution < -0.4 is 5.73 Å². The first-order valence-corrected chi connectivity index (χ1v) is 5.92. The Morgan fingerprint density at radius 3 is 2.53 bits per heavy atom. The fourth-order valence-corrected chi connectivity index (χ4v) is 2.44. The second kappa shape index (κ2) is 4.38. The molecular weight excluding hydrogens is 252 g/mol. The van der Waals surface area contributed by atoms with Crippen molar-refractivity contribution in [2.24, 2.45) is 0 Å². The number of H-pyrrole nitrogens is 1. The van der Waals surface area contributed by atoms with Crippen molar-refractivity contribution in [2.75, 3.05) is 5.73 Å². The van der Waals surface area contributed by atoms with Crippen LogP contribution in [0.15, 0.2) is 16.8 Å². The van der Waals surface area contributed by atoms with Gasteiger partial charge in [0.2, 0.25) is 0 Å². The van der Waals surface area contributed by atoms with Gasteiger partial charge in [0.25, 0.3) is 0 Å². The number of aromatic amines is 1. The van der Waals surface area contributed by atoms with Gasteiger partial charge in [-0.05, 0) is 22.4 Å². The van der Waals surface area contributed by atoms with Gasteiger partial charge in [-0.2, -0.15) is 21.9 Å². The highest BCUT2D eigenvalue weighted by Crippen LogP contribution is 2.31. The standard InChI is InChI=1S/C11H6N4S2/c12-3-7-9(6-1-2-17-5-6)8(4-13)11(16)15-10(7)14/h1-2,5H,(H3,14,15,16). The third-order valence-corrected chi connectivity index (χ3v) is 3.27. The number of nitrogens with two attached hydrogens (primary N) is 1. The molecule has 0 unspecified atom stereocenters. The van der Waals surface area contributed by atoms with Crippen LogP contribution in [0.2, 0.25) is 0 Å². The zero-order valence-corrected chi connectivity index (χ0v) is 10.2. The Morgan fingerprint density at radius 2 is 2.00 bits per heavy atom. The summed E-state index contributed by atoms with van der Waals surface area (Å²) in [6, 6.07) is 5.85. The number of hydrogen-bond acceptors (Lipinski definition) is 5. The molecule has 0 radical (unpaired) electrons. The molecule has 6 heteroatoms. The minimum atomic E-state index is 0.192. The number of aromatic nitrogens is 1. The number of nitrogens with zero attached hydrogens (tertiary/aromatic N) is 2. The van der Waals surface area contributed by atoms with Gasteiger partial charge in [-0.15, -0.1) is 0 Å². The molecule has 0 aliphatic heterocycles. The molecule has 0 fully saturated rings. The lowest BCUT2D eigenvalue weighted by molar-refractivity contribution is 1.26. The number of nitriles is 2. The number of anilines is 1. The van der Waals surface area contributed by atoms with Gasteiger partial charge in [0, 0.05) is 5.56 Å². The van der Waals surface area contributed by atoms with Crippen LogP contribution in [-0.4, -0.2) is 4.98 Å². The average Bonchev–Trinajstić information content (AvgIpc) is 2.81. The Balaban J connectivity index is 2.95. The molecule has 4 nitrogen and oxygen atoms in total. The van der Waals surface area contributed by atoms with Gasteiger partial charge in [0.15, 0.2) is 0 Å². The lowest BCUT2D eigenvalue weighted by Crippen LogP contribution is -2.01. The zero-order chi connectivity index (χ0) is 12.4. The van der Waals surface area contributed by atoms with Gasteiger partial charge in [-0.1, -0.05) is 12.2 Å². The number of rotatable bonds is 1. The van der Waals surface area contributed by atoms with Crippen LogP contribution in [0.3, 0.4) is 0 Å². The molecule has 0 atom stereocenters. The summed E-state index contributed by atoms with van der Waals surface area (Å²) in [4.78, 5) is 2.66. The maximum absolute atomic E-state index is 9.13. The molecule has 2 aromatic heterocycles. The van der Waals surface area contributed by atoms with E-state index in [0.717, 1.165) is 5.56 Å². The van der Waals surface area contributed by atoms with Crippen molar-refractivity contribution in [2.45, 2.75) is 0 Å². The molecule has 0 aliphatic rings. The van der Waals surface area contributed by atoms with Crippen LogP contribution in [0, 0.1) is 27.3 Å². The Morgan fingerprint density at radius 1 is 1.29 bits per heavy atom. The van der Waals surface area contributed by atoms with E-state index in [1.54, 1.807) is 0 Å². The van der Waals surface area contributed by atoms with Crippen molar-refractivity contribution < 1.29 is 0 Å². The fourth-order valence-electron chi connectivity index (χ4n) is 1.54. The molecule has 0 aromatic carbocycles. The van der Waals surface area contributed by atoms with Gasteiger partial charge in [0.1, 0.15) is 28.2 Å². The molecule has 17 heavy (non-hydrogen) atoms. The van der Waals surface area contributed by atoms with Crippen LogP contribution >= 0.6 is 23.6 Å². The minimum absolute atomic E-state index is 0.192. The van der Waals surface area contributed by atoms with Crippen LogP contribution in [0.5, 0.6) is 0 Å². The molecule has 0 aliphatic carbocycles. The summed E-state index contributed by atoms with van der Waals surface area (Å²) in [7, 11) is 0. The van der Waals surface area contributed by atoms with E-state index >= 15 is 0 Å². The summed E-state index contributed by atoms with van der Waals surface area (Å²) in [6.07, 6.45) is 0. The van der Waals surface area contributed by atoms with E-state index in [1.807, 2.05) is 29.0 Å². The molecular formula is C11H6N4S2. The minimum Gasteiger partial charge on any atom is -0.384 e. The summed E-state index contributed by atoms with van der Waals surface area (Å²) in [6.45, 7) is 0. The van der Waals surface area contributed by atoms with Crippen molar-refractivity contribution in [1.29, 1.82) is 10.5 Å². The van der Waals surface area contributed by atoms with Crippen LogP contribution in [0.1, 0.15) is 11.1 Å². The summed E-state index contributed by atoms with van der Waals surface area (Å²) >= 11 is 6.52. The Kier molecular flexibility index (Phi) is 2.92. The SMILES string of the molecule is N#Cc1c(N)[nH]c(=S)c(C#N)c1-c1ccsc1. The Hall–Kier alpha value is -2.15. The highest BCUT2D eigenvalue weighted by molar-refractivity contribution is 7.71. The Bertz CT molecular complexity index is 699. The largest absolute Gasteiger partial charge is 0.384 e.